The molecule has 0 atom stereocenters. The molecule has 9 nitrogen and oxygen atoms in total. The number of hydrogen-bond acceptors (Lipinski definition) is 6. The van der Waals surface area contributed by atoms with Gasteiger partial charge in [0.15, 0.2) is 6.61 Å². The molecule has 1 N–H and O–H groups in total. The number of hydrazone groups is 1. The molecule has 1 saturated heterocycles. The topological polar surface area (TPSA) is 108 Å². The third kappa shape index (κ3) is 8.12. The molecule has 2 aromatic rings. The number of nitrogens with one attached hydrogen (secondary N) is 1. The van der Waals surface area contributed by atoms with E-state index in [1.54, 1.807) is 24.3 Å². The molecular weight excluding hydrogens is 515 g/mol. The zero-order valence-electron chi connectivity index (χ0n) is 19.1. The lowest BCUT2D eigenvalue weighted by molar-refractivity contribution is -0.134. The number of nitrogens with zero attached hydrogens (tertiary/aromatic N) is 3. The van der Waals surface area contributed by atoms with Gasteiger partial charge in [0.25, 0.3) is 11.8 Å². The van der Waals surface area contributed by atoms with Crippen molar-refractivity contribution in [3.8, 4) is 5.75 Å². The predicted molar refractivity (Wildman–Crippen MR) is 137 cm³/mol. The summed E-state index contributed by atoms with van der Waals surface area (Å²) in [6.07, 6.45) is 5.59. The van der Waals surface area contributed by atoms with Crippen LogP contribution in [-0.4, -0.2) is 63.8 Å². The van der Waals surface area contributed by atoms with E-state index in [4.69, 9.17) is 27.9 Å². The van der Waals surface area contributed by atoms with Crippen LogP contribution < -0.4 is 14.5 Å². The number of hydrogen-bond donors (Lipinski definition) is 1. The number of halogens is 2. The highest BCUT2D eigenvalue weighted by Crippen LogP contribution is 2.28. The first-order valence-electron chi connectivity index (χ1n) is 10.9. The molecule has 0 aliphatic carbocycles. The van der Waals surface area contributed by atoms with Crippen molar-refractivity contribution in [3.05, 3.63) is 58.1 Å². The van der Waals surface area contributed by atoms with Crippen molar-refractivity contribution in [2.45, 2.75) is 19.3 Å². The van der Waals surface area contributed by atoms with Crippen molar-refractivity contribution in [1.29, 1.82) is 0 Å². The van der Waals surface area contributed by atoms with Crippen molar-refractivity contribution in [2.75, 3.05) is 36.8 Å². The summed E-state index contributed by atoms with van der Waals surface area (Å²) in [5, 5.41) is 4.31. The van der Waals surface area contributed by atoms with Gasteiger partial charge in [-0.1, -0.05) is 23.2 Å². The number of rotatable bonds is 9. The lowest BCUT2D eigenvalue weighted by Gasteiger charge is -2.26. The fourth-order valence-electron chi connectivity index (χ4n) is 3.41. The quantitative estimate of drug-likeness (QED) is 0.387. The zero-order valence-corrected chi connectivity index (χ0v) is 21.4. The summed E-state index contributed by atoms with van der Waals surface area (Å²) >= 11 is 11.9. The van der Waals surface area contributed by atoms with Crippen molar-refractivity contribution in [2.24, 2.45) is 5.10 Å². The average Bonchev–Trinajstić information content (AvgIpc) is 2.83. The summed E-state index contributed by atoms with van der Waals surface area (Å²) in [6, 6.07) is 11.1. The van der Waals surface area contributed by atoms with E-state index in [1.807, 2.05) is 4.90 Å². The Hall–Kier alpha value is -2.82. The van der Waals surface area contributed by atoms with Gasteiger partial charge in [0.2, 0.25) is 10.0 Å². The van der Waals surface area contributed by atoms with E-state index in [2.05, 4.69) is 10.5 Å². The van der Waals surface area contributed by atoms with Gasteiger partial charge in [-0.05, 0) is 67.3 Å². The molecule has 2 aromatic carbocycles. The Labute approximate surface area is 214 Å². The van der Waals surface area contributed by atoms with Gasteiger partial charge in [0, 0.05) is 13.1 Å². The molecule has 1 fully saturated rings. The Morgan fingerprint density at radius 1 is 1.09 bits per heavy atom. The summed E-state index contributed by atoms with van der Waals surface area (Å²) in [6.45, 7) is 1.04. The molecule has 2 amide bonds. The number of likely N-dealkylation sites (tertiary alicyclic amines) is 1. The minimum absolute atomic E-state index is 0.0147. The Morgan fingerprint density at radius 2 is 1.77 bits per heavy atom. The monoisotopic (exact) mass is 540 g/mol. The van der Waals surface area contributed by atoms with E-state index >= 15 is 0 Å². The summed E-state index contributed by atoms with van der Waals surface area (Å²) in [5.74, 6) is -0.127. The Morgan fingerprint density at radius 3 is 2.40 bits per heavy atom. The molecule has 3 rings (SSSR count). The van der Waals surface area contributed by atoms with Crippen LogP contribution in [0.5, 0.6) is 5.75 Å². The summed E-state index contributed by atoms with van der Waals surface area (Å²) in [7, 11) is -3.77. The second-order valence-electron chi connectivity index (χ2n) is 7.96. The normalized spacial score (nSPS) is 14.1. The van der Waals surface area contributed by atoms with Crippen LogP contribution in [0, 0.1) is 0 Å². The van der Waals surface area contributed by atoms with Crippen LogP contribution in [0.2, 0.25) is 10.0 Å². The Kier molecular flexibility index (Phi) is 9.36. The number of ether oxygens (including phenoxy) is 1. The van der Waals surface area contributed by atoms with Gasteiger partial charge < -0.3 is 9.64 Å². The second kappa shape index (κ2) is 12.2. The highest BCUT2D eigenvalue weighted by atomic mass is 35.5. The number of sulfonamides is 1. The summed E-state index contributed by atoms with van der Waals surface area (Å²) < 4.78 is 30.8. The van der Waals surface area contributed by atoms with Crippen LogP contribution in [0.4, 0.5) is 5.69 Å². The SMILES string of the molecule is CS(=O)(=O)N(CC(=O)N/N=C\c1ccc(OCC(=O)N2CCCCC2)cc1)c1ccc(Cl)c(Cl)c1. The van der Waals surface area contributed by atoms with Crippen molar-refractivity contribution < 1.29 is 22.7 Å². The molecule has 0 spiro atoms. The zero-order chi connectivity index (χ0) is 25.4. The largest absolute Gasteiger partial charge is 0.484 e. The minimum atomic E-state index is -3.77. The first-order chi connectivity index (χ1) is 16.6. The lowest BCUT2D eigenvalue weighted by atomic mass is 10.1. The van der Waals surface area contributed by atoms with Gasteiger partial charge in [-0.2, -0.15) is 5.10 Å². The fourth-order valence-corrected chi connectivity index (χ4v) is 4.56. The molecule has 0 unspecified atom stereocenters. The molecule has 0 saturated carbocycles. The van der Waals surface area contributed by atoms with Gasteiger partial charge in [-0.3, -0.25) is 13.9 Å². The number of amides is 2. The van der Waals surface area contributed by atoms with Crippen LogP contribution in [0.25, 0.3) is 0 Å². The van der Waals surface area contributed by atoms with Crippen LogP contribution in [0.1, 0.15) is 24.8 Å². The van der Waals surface area contributed by atoms with Crippen LogP contribution in [-0.2, 0) is 19.6 Å². The second-order valence-corrected chi connectivity index (χ2v) is 10.7. The van der Waals surface area contributed by atoms with Crippen LogP contribution in [0.15, 0.2) is 47.6 Å². The van der Waals surface area contributed by atoms with Crippen molar-refractivity contribution >= 4 is 56.9 Å². The average molecular weight is 541 g/mol. The summed E-state index contributed by atoms with van der Waals surface area (Å²) in [5.41, 5.74) is 3.18. The van der Waals surface area contributed by atoms with E-state index in [9.17, 15) is 18.0 Å². The van der Waals surface area contributed by atoms with Gasteiger partial charge in [-0.25, -0.2) is 13.8 Å². The van der Waals surface area contributed by atoms with Gasteiger partial charge in [0.1, 0.15) is 12.3 Å². The number of carbonyl (C=O) groups is 2. The smallest absolute Gasteiger partial charge is 0.260 e. The van der Waals surface area contributed by atoms with E-state index in [1.165, 1.54) is 24.4 Å². The molecule has 1 heterocycles. The Bertz CT molecular complexity index is 1180. The van der Waals surface area contributed by atoms with Gasteiger partial charge in [-0.15, -0.1) is 0 Å². The molecular formula is C23H26Cl2N4O5S. The molecule has 12 heteroatoms. The number of piperidine rings is 1. The molecule has 188 valence electrons. The minimum Gasteiger partial charge on any atom is -0.484 e. The highest BCUT2D eigenvalue weighted by Gasteiger charge is 2.21. The first-order valence-corrected chi connectivity index (χ1v) is 13.5. The molecule has 1 aliphatic heterocycles. The van der Waals surface area contributed by atoms with E-state index in [0.29, 0.717) is 11.3 Å². The number of carbonyl (C=O) groups excluding carboxylic acids is 2. The maximum Gasteiger partial charge on any atom is 0.260 e. The van der Waals surface area contributed by atoms with Crippen molar-refractivity contribution in [3.63, 3.8) is 0 Å². The standard InChI is InChI=1S/C23H26Cl2N4O5S/c1-35(32,33)29(18-7-10-20(24)21(25)13-18)15-22(30)27-26-14-17-5-8-19(9-6-17)34-16-23(31)28-11-3-2-4-12-28/h5-10,13-14H,2-4,11-12,15-16H2,1H3,(H,27,30)/b26-14-. The lowest BCUT2D eigenvalue weighted by Crippen LogP contribution is -2.39. The number of benzene rings is 2. The highest BCUT2D eigenvalue weighted by molar-refractivity contribution is 7.92. The maximum absolute atomic E-state index is 12.3. The molecule has 1 aliphatic rings. The molecule has 35 heavy (non-hydrogen) atoms. The fraction of sp³-hybridized carbons (Fsp3) is 0.348. The third-order valence-electron chi connectivity index (χ3n) is 5.23. The third-order valence-corrected chi connectivity index (χ3v) is 7.11. The molecule has 0 aromatic heterocycles. The van der Waals surface area contributed by atoms with E-state index in [0.717, 1.165) is 42.9 Å². The van der Waals surface area contributed by atoms with E-state index < -0.39 is 22.5 Å². The Balaban J connectivity index is 1.51. The van der Waals surface area contributed by atoms with Crippen LogP contribution in [0.3, 0.4) is 0 Å². The molecule has 0 bridgehead atoms. The van der Waals surface area contributed by atoms with Crippen molar-refractivity contribution in [1.82, 2.24) is 10.3 Å². The van der Waals surface area contributed by atoms with Gasteiger partial charge >= 0.3 is 0 Å². The summed E-state index contributed by atoms with van der Waals surface area (Å²) in [4.78, 5) is 26.3. The van der Waals surface area contributed by atoms with Crippen LogP contribution >= 0.6 is 23.2 Å². The first kappa shape index (κ1) is 26.8. The van der Waals surface area contributed by atoms with Gasteiger partial charge in [0.05, 0.1) is 28.2 Å². The number of anilines is 1. The maximum atomic E-state index is 12.3. The molecule has 0 radical (unpaired) electrons. The van der Waals surface area contributed by atoms with E-state index in [-0.39, 0.29) is 28.2 Å². The predicted octanol–water partition coefficient (Wildman–Crippen LogP) is 3.30.